The van der Waals surface area contributed by atoms with E-state index < -0.39 is 0 Å². The Morgan fingerprint density at radius 2 is 2.14 bits per heavy atom. The van der Waals surface area contributed by atoms with E-state index in [-0.39, 0.29) is 0 Å². The van der Waals surface area contributed by atoms with Crippen LogP contribution in [0.2, 0.25) is 0 Å². The van der Waals surface area contributed by atoms with Crippen LogP contribution in [0.25, 0.3) is 0 Å². The molecular formula is C18H20INO. The Bertz CT molecular complexity index is 626. The summed E-state index contributed by atoms with van der Waals surface area (Å²) in [5.41, 5.74) is 4.14. The number of halogens is 1. The highest BCUT2D eigenvalue weighted by molar-refractivity contribution is 14.1. The SMILES string of the molecule is CNC(CCc1ccc2c(c1)CCO2)c1cccc(I)c1. The first kappa shape index (κ1) is 14.9. The normalized spacial score (nSPS) is 14.6. The van der Waals surface area contributed by atoms with Crippen LogP contribution in [0, 0.1) is 3.57 Å². The summed E-state index contributed by atoms with van der Waals surface area (Å²) in [7, 11) is 2.04. The van der Waals surface area contributed by atoms with E-state index in [1.54, 1.807) is 0 Å². The maximum atomic E-state index is 5.57. The first-order chi connectivity index (χ1) is 10.3. The van der Waals surface area contributed by atoms with E-state index in [1.807, 2.05) is 7.05 Å². The lowest BCUT2D eigenvalue weighted by atomic mass is 9.98. The lowest BCUT2D eigenvalue weighted by Gasteiger charge is -2.17. The first-order valence-corrected chi connectivity index (χ1v) is 8.51. The molecule has 0 saturated carbocycles. The van der Waals surface area contributed by atoms with Gasteiger partial charge in [0.1, 0.15) is 5.75 Å². The molecule has 0 aromatic heterocycles. The molecule has 0 amide bonds. The van der Waals surface area contributed by atoms with Gasteiger partial charge in [-0.05, 0) is 77.4 Å². The number of benzene rings is 2. The number of nitrogens with one attached hydrogen (secondary N) is 1. The minimum atomic E-state index is 0.407. The smallest absolute Gasteiger partial charge is 0.122 e. The van der Waals surface area contributed by atoms with Gasteiger partial charge in [-0.1, -0.05) is 24.3 Å². The lowest BCUT2D eigenvalue weighted by molar-refractivity contribution is 0.357. The Kier molecular flexibility index (Phi) is 4.80. The summed E-state index contributed by atoms with van der Waals surface area (Å²) in [5.74, 6) is 1.07. The first-order valence-electron chi connectivity index (χ1n) is 7.43. The molecule has 2 aromatic rings. The molecule has 1 heterocycles. The van der Waals surface area contributed by atoms with Gasteiger partial charge in [0.15, 0.2) is 0 Å². The summed E-state index contributed by atoms with van der Waals surface area (Å²) >= 11 is 2.37. The molecule has 1 unspecified atom stereocenters. The van der Waals surface area contributed by atoms with Crippen molar-refractivity contribution in [2.45, 2.75) is 25.3 Å². The van der Waals surface area contributed by atoms with Crippen molar-refractivity contribution in [1.29, 1.82) is 0 Å². The molecule has 2 aromatic carbocycles. The molecule has 0 bridgehead atoms. The molecule has 0 saturated heterocycles. The Morgan fingerprint density at radius 1 is 1.24 bits per heavy atom. The maximum absolute atomic E-state index is 5.57. The predicted molar refractivity (Wildman–Crippen MR) is 94.9 cm³/mol. The summed E-state index contributed by atoms with van der Waals surface area (Å²) in [6.07, 6.45) is 3.25. The fourth-order valence-corrected chi connectivity index (χ4v) is 3.47. The van der Waals surface area contributed by atoms with Crippen molar-refractivity contribution in [3.63, 3.8) is 0 Å². The van der Waals surface area contributed by atoms with Gasteiger partial charge in [-0.15, -0.1) is 0 Å². The van der Waals surface area contributed by atoms with Crippen molar-refractivity contribution in [3.8, 4) is 5.75 Å². The van der Waals surface area contributed by atoms with Crippen LogP contribution < -0.4 is 10.1 Å². The zero-order chi connectivity index (χ0) is 14.7. The molecule has 2 nitrogen and oxygen atoms in total. The fourth-order valence-electron chi connectivity index (χ4n) is 2.91. The van der Waals surface area contributed by atoms with Gasteiger partial charge in [0, 0.05) is 16.0 Å². The van der Waals surface area contributed by atoms with E-state index in [4.69, 9.17) is 4.74 Å². The van der Waals surface area contributed by atoms with E-state index in [0.717, 1.165) is 31.6 Å². The lowest BCUT2D eigenvalue weighted by Crippen LogP contribution is -2.17. The molecule has 3 heteroatoms. The van der Waals surface area contributed by atoms with E-state index in [1.165, 1.54) is 20.3 Å². The third kappa shape index (κ3) is 3.58. The Morgan fingerprint density at radius 3 is 2.95 bits per heavy atom. The van der Waals surface area contributed by atoms with Crippen LogP contribution in [0.15, 0.2) is 42.5 Å². The predicted octanol–water partition coefficient (Wildman–Crippen LogP) is 4.12. The van der Waals surface area contributed by atoms with Crippen molar-refractivity contribution in [2.24, 2.45) is 0 Å². The second-order valence-corrected chi connectivity index (χ2v) is 6.72. The van der Waals surface area contributed by atoms with Crippen molar-refractivity contribution >= 4 is 22.6 Å². The molecular weight excluding hydrogens is 373 g/mol. The molecule has 1 aliphatic heterocycles. The number of hydrogen-bond donors (Lipinski definition) is 1. The molecule has 0 radical (unpaired) electrons. The standard InChI is InChI=1S/C18H20INO/c1-20-17(14-3-2-4-16(19)12-14)7-5-13-6-8-18-15(11-13)9-10-21-18/h2-4,6,8,11-12,17,20H,5,7,9-10H2,1H3. The van der Waals surface area contributed by atoms with Gasteiger partial charge in [-0.3, -0.25) is 0 Å². The van der Waals surface area contributed by atoms with Crippen molar-refractivity contribution in [2.75, 3.05) is 13.7 Å². The van der Waals surface area contributed by atoms with Crippen molar-refractivity contribution in [1.82, 2.24) is 5.32 Å². The quantitative estimate of drug-likeness (QED) is 0.772. The van der Waals surface area contributed by atoms with E-state index in [0.29, 0.717) is 6.04 Å². The molecule has 110 valence electrons. The number of hydrogen-bond acceptors (Lipinski definition) is 2. The largest absolute Gasteiger partial charge is 0.493 e. The summed E-state index contributed by atoms with van der Waals surface area (Å²) in [5, 5.41) is 3.44. The molecule has 3 rings (SSSR count). The Labute approximate surface area is 140 Å². The van der Waals surface area contributed by atoms with Crippen LogP contribution in [-0.2, 0) is 12.8 Å². The molecule has 0 fully saturated rings. The number of rotatable bonds is 5. The van der Waals surface area contributed by atoms with Crippen LogP contribution in [0.5, 0.6) is 5.75 Å². The summed E-state index contributed by atoms with van der Waals surface area (Å²) in [6.45, 7) is 0.834. The molecule has 1 aliphatic rings. The van der Waals surface area contributed by atoms with Gasteiger partial charge in [0.2, 0.25) is 0 Å². The average Bonchev–Trinajstić information content (AvgIpc) is 2.95. The molecule has 21 heavy (non-hydrogen) atoms. The van der Waals surface area contributed by atoms with E-state index in [2.05, 4.69) is 70.4 Å². The average molecular weight is 393 g/mol. The van der Waals surface area contributed by atoms with Gasteiger partial charge in [-0.2, -0.15) is 0 Å². The molecule has 1 atom stereocenters. The maximum Gasteiger partial charge on any atom is 0.122 e. The topological polar surface area (TPSA) is 21.3 Å². The van der Waals surface area contributed by atoms with Crippen LogP contribution in [0.4, 0.5) is 0 Å². The van der Waals surface area contributed by atoms with Crippen molar-refractivity contribution in [3.05, 3.63) is 62.7 Å². The molecule has 1 N–H and O–H groups in total. The van der Waals surface area contributed by atoms with Crippen LogP contribution >= 0.6 is 22.6 Å². The minimum Gasteiger partial charge on any atom is -0.493 e. The third-order valence-corrected chi connectivity index (χ3v) is 4.75. The monoisotopic (exact) mass is 393 g/mol. The summed E-state index contributed by atoms with van der Waals surface area (Å²) in [6, 6.07) is 15.8. The van der Waals surface area contributed by atoms with Gasteiger partial charge in [0.05, 0.1) is 6.61 Å². The number of ether oxygens (including phenoxy) is 1. The van der Waals surface area contributed by atoms with Crippen LogP contribution in [0.1, 0.15) is 29.2 Å². The summed E-state index contributed by atoms with van der Waals surface area (Å²) < 4.78 is 6.86. The summed E-state index contributed by atoms with van der Waals surface area (Å²) in [4.78, 5) is 0. The van der Waals surface area contributed by atoms with Crippen LogP contribution in [0.3, 0.4) is 0 Å². The Hall–Kier alpha value is -1.07. The third-order valence-electron chi connectivity index (χ3n) is 4.08. The number of aryl methyl sites for hydroxylation is 1. The van der Waals surface area contributed by atoms with Gasteiger partial charge >= 0.3 is 0 Å². The molecule has 0 spiro atoms. The Balaban J connectivity index is 1.68. The zero-order valence-corrected chi connectivity index (χ0v) is 14.4. The van der Waals surface area contributed by atoms with E-state index in [9.17, 15) is 0 Å². The molecule has 0 aliphatic carbocycles. The highest BCUT2D eigenvalue weighted by atomic mass is 127. The highest BCUT2D eigenvalue weighted by Crippen LogP contribution is 2.27. The fraction of sp³-hybridized carbons (Fsp3) is 0.333. The van der Waals surface area contributed by atoms with Gasteiger partial charge in [-0.25, -0.2) is 0 Å². The zero-order valence-electron chi connectivity index (χ0n) is 12.2. The second-order valence-electron chi connectivity index (χ2n) is 5.48. The van der Waals surface area contributed by atoms with Crippen LogP contribution in [-0.4, -0.2) is 13.7 Å². The van der Waals surface area contributed by atoms with Gasteiger partial charge in [0.25, 0.3) is 0 Å². The van der Waals surface area contributed by atoms with Gasteiger partial charge < -0.3 is 10.1 Å². The highest BCUT2D eigenvalue weighted by Gasteiger charge is 2.13. The van der Waals surface area contributed by atoms with E-state index >= 15 is 0 Å². The second kappa shape index (κ2) is 6.79. The minimum absolute atomic E-state index is 0.407. The van der Waals surface area contributed by atoms with Crippen molar-refractivity contribution < 1.29 is 4.74 Å². The number of fused-ring (bicyclic) bond motifs is 1.